The first-order valence-corrected chi connectivity index (χ1v) is 8.25. The summed E-state index contributed by atoms with van der Waals surface area (Å²) in [5.74, 6) is 1.46. The maximum atomic E-state index is 5.89. The Morgan fingerprint density at radius 2 is 2.35 bits per heavy atom. The van der Waals surface area contributed by atoms with Crippen molar-refractivity contribution in [2.24, 2.45) is 12.0 Å². The Kier molecular flexibility index (Phi) is 7.64. The van der Waals surface area contributed by atoms with E-state index in [0.29, 0.717) is 19.0 Å². The van der Waals surface area contributed by atoms with Crippen LogP contribution in [0.15, 0.2) is 35.7 Å². The van der Waals surface area contributed by atoms with Crippen molar-refractivity contribution < 1.29 is 9.47 Å². The fourth-order valence-corrected chi connectivity index (χ4v) is 2.90. The molecule has 1 saturated heterocycles. The van der Waals surface area contributed by atoms with Crippen LogP contribution in [-0.4, -0.2) is 59.5 Å². The number of hydrogen-bond acceptors (Lipinski definition) is 5. The summed E-state index contributed by atoms with van der Waals surface area (Å²) in [6.07, 6.45) is 5.56. The largest absolute Gasteiger partial charge is 0.481 e. The van der Waals surface area contributed by atoms with Crippen molar-refractivity contribution in [3.63, 3.8) is 0 Å². The van der Waals surface area contributed by atoms with Gasteiger partial charge in [-0.25, -0.2) is 4.98 Å². The maximum Gasteiger partial charge on any atom is 0.218 e. The molecule has 1 aliphatic heterocycles. The van der Waals surface area contributed by atoms with Crippen LogP contribution in [0.2, 0.25) is 0 Å². The number of aryl methyl sites for hydroxylation is 1. The highest BCUT2D eigenvalue weighted by Crippen LogP contribution is 2.21. The van der Waals surface area contributed by atoms with Crippen LogP contribution in [0.3, 0.4) is 0 Å². The van der Waals surface area contributed by atoms with E-state index in [-0.39, 0.29) is 30.1 Å². The van der Waals surface area contributed by atoms with Crippen molar-refractivity contribution >= 4 is 29.9 Å². The van der Waals surface area contributed by atoms with Crippen LogP contribution in [0, 0.1) is 0 Å². The number of rotatable bonds is 4. The van der Waals surface area contributed by atoms with Crippen molar-refractivity contribution in [1.82, 2.24) is 25.0 Å². The summed E-state index contributed by atoms with van der Waals surface area (Å²) < 4.78 is 13.0. The molecule has 1 unspecified atom stereocenters. The molecule has 0 bridgehead atoms. The highest BCUT2D eigenvalue weighted by Gasteiger charge is 2.25. The van der Waals surface area contributed by atoms with Gasteiger partial charge < -0.3 is 19.7 Å². The first-order chi connectivity index (χ1) is 12.2. The van der Waals surface area contributed by atoms with Gasteiger partial charge in [-0.15, -0.1) is 24.0 Å². The number of pyridine rings is 1. The van der Waals surface area contributed by atoms with E-state index in [0.717, 1.165) is 30.2 Å². The first-order valence-electron chi connectivity index (χ1n) is 8.25. The zero-order valence-electron chi connectivity index (χ0n) is 15.3. The Hall–Kier alpha value is -1.88. The summed E-state index contributed by atoms with van der Waals surface area (Å²) >= 11 is 0. The van der Waals surface area contributed by atoms with Crippen LogP contribution in [0.25, 0.3) is 0 Å². The standard InChI is InChI=1S/C17H24N6O2.HI/c1-18-17(20-9-13-5-4-6-19-16(13)24-3)23-7-8-25-15(12-23)14-10-21-22(2)11-14;/h4-6,10-11,15H,7-9,12H2,1-3H3,(H,18,20);1H. The average Bonchev–Trinajstić information content (AvgIpc) is 3.09. The minimum Gasteiger partial charge on any atom is -0.481 e. The molecule has 1 N–H and O–H groups in total. The van der Waals surface area contributed by atoms with E-state index in [2.05, 4.69) is 25.3 Å². The predicted octanol–water partition coefficient (Wildman–Crippen LogP) is 1.59. The van der Waals surface area contributed by atoms with Gasteiger partial charge in [-0.1, -0.05) is 6.07 Å². The van der Waals surface area contributed by atoms with Gasteiger partial charge in [0.05, 0.1) is 26.5 Å². The summed E-state index contributed by atoms with van der Waals surface area (Å²) in [7, 11) is 5.32. The number of guanidine groups is 1. The SMILES string of the molecule is CN=C(NCc1cccnc1OC)N1CCOC(c2cnn(C)c2)C1.I. The highest BCUT2D eigenvalue weighted by atomic mass is 127. The second kappa shape index (κ2) is 9.72. The molecule has 0 saturated carbocycles. The summed E-state index contributed by atoms with van der Waals surface area (Å²) in [6.45, 7) is 2.77. The van der Waals surface area contributed by atoms with E-state index in [1.807, 2.05) is 31.6 Å². The zero-order chi connectivity index (χ0) is 17.6. The number of aromatic nitrogens is 3. The molecular weight excluding hydrogens is 447 g/mol. The lowest BCUT2D eigenvalue weighted by Crippen LogP contribution is -2.47. The van der Waals surface area contributed by atoms with E-state index < -0.39 is 0 Å². The van der Waals surface area contributed by atoms with Gasteiger partial charge in [0.2, 0.25) is 5.88 Å². The van der Waals surface area contributed by atoms with Gasteiger partial charge in [-0.3, -0.25) is 9.67 Å². The topological polar surface area (TPSA) is 76.8 Å². The van der Waals surface area contributed by atoms with Crippen LogP contribution in [0.5, 0.6) is 5.88 Å². The fourth-order valence-electron chi connectivity index (χ4n) is 2.90. The first kappa shape index (κ1) is 20.4. The third kappa shape index (κ3) is 4.85. The smallest absolute Gasteiger partial charge is 0.218 e. The Morgan fingerprint density at radius 3 is 3.04 bits per heavy atom. The zero-order valence-corrected chi connectivity index (χ0v) is 17.6. The Balaban J connectivity index is 0.00000243. The number of halogens is 1. The number of methoxy groups -OCH3 is 1. The summed E-state index contributed by atoms with van der Waals surface area (Å²) in [6, 6.07) is 3.89. The summed E-state index contributed by atoms with van der Waals surface area (Å²) in [5.41, 5.74) is 2.07. The van der Waals surface area contributed by atoms with Gasteiger partial charge in [-0.2, -0.15) is 5.10 Å². The molecule has 0 spiro atoms. The molecule has 1 fully saturated rings. The lowest BCUT2D eigenvalue weighted by Gasteiger charge is -2.34. The van der Waals surface area contributed by atoms with E-state index in [1.54, 1.807) is 25.0 Å². The van der Waals surface area contributed by atoms with Crippen molar-refractivity contribution in [3.05, 3.63) is 41.9 Å². The number of morpholine rings is 1. The van der Waals surface area contributed by atoms with Crippen LogP contribution in [-0.2, 0) is 18.3 Å². The number of nitrogens with one attached hydrogen (secondary N) is 1. The maximum absolute atomic E-state index is 5.89. The van der Waals surface area contributed by atoms with Gasteiger partial charge in [0, 0.05) is 50.7 Å². The lowest BCUT2D eigenvalue weighted by molar-refractivity contribution is -0.00805. The third-order valence-corrected chi connectivity index (χ3v) is 4.15. The lowest BCUT2D eigenvalue weighted by atomic mass is 10.1. The van der Waals surface area contributed by atoms with Crippen LogP contribution >= 0.6 is 24.0 Å². The minimum absolute atomic E-state index is 0. The minimum atomic E-state index is -0.00562. The molecule has 0 aromatic carbocycles. The molecule has 3 rings (SSSR count). The number of nitrogens with zero attached hydrogens (tertiary/aromatic N) is 5. The van der Waals surface area contributed by atoms with E-state index in [4.69, 9.17) is 9.47 Å². The third-order valence-electron chi connectivity index (χ3n) is 4.15. The average molecular weight is 472 g/mol. The molecule has 9 heteroatoms. The Morgan fingerprint density at radius 1 is 1.50 bits per heavy atom. The fraction of sp³-hybridized carbons (Fsp3) is 0.471. The molecule has 3 heterocycles. The number of hydrogen-bond donors (Lipinski definition) is 1. The number of ether oxygens (including phenoxy) is 2. The quantitative estimate of drug-likeness (QED) is 0.414. The highest BCUT2D eigenvalue weighted by molar-refractivity contribution is 14.0. The Bertz CT molecular complexity index is 736. The van der Waals surface area contributed by atoms with Crippen LogP contribution < -0.4 is 10.1 Å². The van der Waals surface area contributed by atoms with Gasteiger partial charge in [0.25, 0.3) is 0 Å². The van der Waals surface area contributed by atoms with Gasteiger partial charge in [0.15, 0.2) is 5.96 Å². The van der Waals surface area contributed by atoms with Crippen LogP contribution in [0.1, 0.15) is 17.2 Å². The molecule has 142 valence electrons. The van der Waals surface area contributed by atoms with Crippen LogP contribution in [0.4, 0.5) is 0 Å². The predicted molar refractivity (Wildman–Crippen MR) is 110 cm³/mol. The van der Waals surface area contributed by atoms with Crippen molar-refractivity contribution in [2.75, 3.05) is 33.9 Å². The van der Waals surface area contributed by atoms with E-state index in [1.165, 1.54) is 0 Å². The number of aliphatic imine (C=N–C) groups is 1. The van der Waals surface area contributed by atoms with Gasteiger partial charge in [0.1, 0.15) is 6.10 Å². The molecular formula is C17H25IN6O2. The molecule has 2 aromatic rings. The molecule has 8 nitrogen and oxygen atoms in total. The molecule has 1 atom stereocenters. The second-order valence-corrected chi connectivity index (χ2v) is 5.83. The van der Waals surface area contributed by atoms with Gasteiger partial charge in [-0.05, 0) is 6.07 Å². The molecule has 0 amide bonds. The molecule has 0 radical (unpaired) electrons. The summed E-state index contributed by atoms with van der Waals surface area (Å²) in [5, 5.41) is 7.62. The Labute approximate surface area is 170 Å². The molecule has 1 aliphatic rings. The normalized spacial score (nSPS) is 17.6. The van der Waals surface area contributed by atoms with Gasteiger partial charge >= 0.3 is 0 Å². The monoisotopic (exact) mass is 472 g/mol. The van der Waals surface area contributed by atoms with E-state index in [9.17, 15) is 0 Å². The summed E-state index contributed by atoms with van der Waals surface area (Å²) in [4.78, 5) is 10.8. The molecule has 2 aromatic heterocycles. The molecule has 26 heavy (non-hydrogen) atoms. The van der Waals surface area contributed by atoms with Crippen molar-refractivity contribution in [3.8, 4) is 5.88 Å². The molecule has 0 aliphatic carbocycles. The van der Waals surface area contributed by atoms with Crippen molar-refractivity contribution in [2.45, 2.75) is 12.6 Å². The van der Waals surface area contributed by atoms with E-state index >= 15 is 0 Å². The second-order valence-electron chi connectivity index (χ2n) is 5.83. The van der Waals surface area contributed by atoms with Crippen molar-refractivity contribution in [1.29, 1.82) is 0 Å².